The molecule has 0 unspecified atom stereocenters. The lowest BCUT2D eigenvalue weighted by atomic mass is 9.79. The Kier molecular flexibility index (Phi) is 5.23. The second kappa shape index (κ2) is 8.39. The maximum absolute atomic E-state index is 12.3. The molecule has 0 aliphatic heterocycles. The van der Waals surface area contributed by atoms with Gasteiger partial charge in [0.05, 0.1) is 68.8 Å². The summed E-state index contributed by atoms with van der Waals surface area (Å²) in [5.74, 6) is -6.44. The van der Waals surface area contributed by atoms with E-state index in [1.807, 2.05) is 24.3 Å². The van der Waals surface area contributed by atoms with Gasteiger partial charge in [0.15, 0.2) is 0 Å². The second-order valence-corrected chi connectivity index (χ2v) is 8.55. The first-order chi connectivity index (χ1) is 19.0. The Hall–Kier alpha value is -6.76. The number of hydrogen-bond acceptors (Lipinski definition) is 8. The lowest BCUT2D eigenvalue weighted by molar-refractivity contribution is 0.0681. The number of aromatic carboxylic acids is 4. The maximum atomic E-state index is 12.3. The molecular weight excluding hydrogens is 520 g/mol. The molecule has 0 aromatic heterocycles. The highest BCUT2D eigenvalue weighted by Crippen LogP contribution is 2.48. The van der Waals surface area contributed by atoms with Gasteiger partial charge in [-0.25, -0.2) is 19.2 Å². The molecule has 0 aliphatic rings. The third kappa shape index (κ3) is 3.02. The van der Waals surface area contributed by atoms with E-state index < -0.39 is 56.9 Å². The van der Waals surface area contributed by atoms with Gasteiger partial charge in [0.1, 0.15) is 0 Å². The molecule has 0 saturated carbocycles. The third-order valence-corrected chi connectivity index (χ3v) is 6.71. The van der Waals surface area contributed by atoms with Crippen LogP contribution in [0.2, 0.25) is 0 Å². The number of nitriles is 4. The van der Waals surface area contributed by atoms with Crippen LogP contribution in [0.1, 0.15) is 63.7 Å². The van der Waals surface area contributed by atoms with Crippen LogP contribution in [0.5, 0.6) is 0 Å². The van der Waals surface area contributed by atoms with Crippen LogP contribution in [0.4, 0.5) is 0 Å². The van der Waals surface area contributed by atoms with Crippen LogP contribution in [0.25, 0.3) is 43.1 Å². The topological polar surface area (TPSA) is 244 Å². The summed E-state index contributed by atoms with van der Waals surface area (Å²) >= 11 is 0. The normalized spacial score (nSPS) is 10.7. The molecule has 0 aliphatic carbocycles. The van der Waals surface area contributed by atoms with Gasteiger partial charge in [-0.3, -0.25) is 0 Å². The van der Waals surface area contributed by atoms with Gasteiger partial charge < -0.3 is 20.4 Å². The van der Waals surface area contributed by atoms with Gasteiger partial charge in [-0.15, -0.1) is 0 Å². The standard InChI is InChI=1S/C28H8N4O8/c29-5-9-1-13(25(33)34)21-14(26(35)36)2-11(7-31)19-20-12(8-32)4-16(28(39)40)22-15(27(37)38)3-10(6-30)18(24(20)22)17(9)23(19)21/h1-4H,(H,33,34)(H,35,36)(H,37,38)(H,39,40). The summed E-state index contributed by atoms with van der Waals surface area (Å²) in [6.07, 6.45) is 0. The Morgan fingerprint density at radius 3 is 0.750 bits per heavy atom. The van der Waals surface area contributed by atoms with Crippen molar-refractivity contribution in [1.82, 2.24) is 0 Å². The average Bonchev–Trinajstić information content (AvgIpc) is 2.93. The monoisotopic (exact) mass is 528 g/mol. The molecule has 12 heteroatoms. The number of nitrogens with zero attached hydrogens (tertiary/aromatic N) is 4. The van der Waals surface area contributed by atoms with Gasteiger partial charge in [-0.1, -0.05) is 0 Å². The Labute approximate surface area is 220 Å². The quantitative estimate of drug-likeness (QED) is 0.191. The highest BCUT2D eigenvalue weighted by Gasteiger charge is 2.31. The summed E-state index contributed by atoms with van der Waals surface area (Å²) < 4.78 is 0. The molecule has 0 atom stereocenters. The number of rotatable bonds is 4. The average molecular weight is 528 g/mol. The van der Waals surface area contributed by atoms with Gasteiger partial charge in [0, 0.05) is 43.1 Å². The summed E-state index contributed by atoms with van der Waals surface area (Å²) in [5, 5.41) is 77.9. The fourth-order valence-electron chi connectivity index (χ4n) is 5.34. The molecule has 0 heterocycles. The molecule has 12 nitrogen and oxygen atoms in total. The molecule has 0 radical (unpaired) electrons. The summed E-state index contributed by atoms with van der Waals surface area (Å²) in [6.45, 7) is 0. The molecule has 0 bridgehead atoms. The zero-order valence-electron chi connectivity index (χ0n) is 19.5. The molecule has 0 saturated heterocycles. The van der Waals surface area contributed by atoms with E-state index in [0.717, 1.165) is 24.3 Å². The molecule has 4 N–H and O–H groups in total. The minimum atomic E-state index is -1.61. The van der Waals surface area contributed by atoms with Crippen molar-refractivity contribution in [3.05, 3.63) is 68.8 Å². The van der Waals surface area contributed by atoms with Crippen LogP contribution in [0.3, 0.4) is 0 Å². The molecule has 5 aromatic rings. The minimum absolute atomic E-state index is 0.200. The molecule has 0 spiro atoms. The van der Waals surface area contributed by atoms with Crippen LogP contribution >= 0.6 is 0 Å². The molecule has 40 heavy (non-hydrogen) atoms. The molecule has 0 amide bonds. The second-order valence-electron chi connectivity index (χ2n) is 8.55. The minimum Gasteiger partial charge on any atom is -0.478 e. The fourth-order valence-corrected chi connectivity index (χ4v) is 5.34. The number of benzene rings is 5. The van der Waals surface area contributed by atoms with E-state index in [9.17, 15) is 60.7 Å². The van der Waals surface area contributed by atoms with Crippen LogP contribution in [0, 0.1) is 45.3 Å². The predicted molar refractivity (Wildman–Crippen MR) is 134 cm³/mol. The highest BCUT2D eigenvalue weighted by atomic mass is 16.4. The van der Waals surface area contributed by atoms with E-state index in [-0.39, 0.29) is 54.6 Å². The van der Waals surface area contributed by atoms with E-state index >= 15 is 0 Å². The summed E-state index contributed by atoms with van der Waals surface area (Å²) in [7, 11) is 0. The summed E-state index contributed by atoms with van der Waals surface area (Å²) in [4.78, 5) is 49.0. The van der Waals surface area contributed by atoms with Crippen LogP contribution < -0.4 is 0 Å². The molecule has 5 rings (SSSR count). The Balaban J connectivity index is 2.44. The number of hydrogen-bond donors (Lipinski definition) is 4. The highest BCUT2D eigenvalue weighted by molar-refractivity contribution is 6.41. The van der Waals surface area contributed by atoms with E-state index in [1.165, 1.54) is 0 Å². The number of carboxylic acid groups (broad SMARTS) is 4. The van der Waals surface area contributed by atoms with E-state index in [4.69, 9.17) is 0 Å². The maximum Gasteiger partial charge on any atom is 0.336 e. The number of fused-ring (bicyclic) bond motifs is 2. The van der Waals surface area contributed by atoms with Crippen LogP contribution in [-0.2, 0) is 0 Å². The van der Waals surface area contributed by atoms with Gasteiger partial charge in [-0.2, -0.15) is 21.0 Å². The Bertz CT molecular complexity index is 1960. The van der Waals surface area contributed by atoms with Crippen molar-refractivity contribution in [2.24, 2.45) is 0 Å². The lowest BCUT2D eigenvalue weighted by Gasteiger charge is -2.21. The van der Waals surface area contributed by atoms with Crippen molar-refractivity contribution in [3.8, 4) is 24.3 Å². The molecular formula is C28H8N4O8. The zero-order valence-corrected chi connectivity index (χ0v) is 19.5. The SMILES string of the molecule is N#Cc1cc(C(=O)O)c2c(C(=O)O)cc(C#N)c3c4c(C#N)cc(C(=O)O)c5c(C(=O)O)cc(C#N)c(c1c23)c54. The van der Waals surface area contributed by atoms with Crippen molar-refractivity contribution in [2.75, 3.05) is 0 Å². The van der Waals surface area contributed by atoms with E-state index in [1.54, 1.807) is 0 Å². The van der Waals surface area contributed by atoms with Crippen molar-refractivity contribution in [1.29, 1.82) is 21.0 Å². The Morgan fingerprint density at radius 1 is 0.400 bits per heavy atom. The first kappa shape index (κ1) is 24.9. The molecule has 188 valence electrons. The van der Waals surface area contributed by atoms with Crippen molar-refractivity contribution in [3.63, 3.8) is 0 Å². The van der Waals surface area contributed by atoms with Crippen LogP contribution in [0.15, 0.2) is 24.3 Å². The number of carbonyl (C=O) groups is 4. The third-order valence-electron chi connectivity index (χ3n) is 6.71. The zero-order chi connectivity index (χ0) is 29.2. The van der Waals surface area contributed by atoms with Crippen molar-refractivity contribution >= 4 is 67.0 Å². The molecule has 0 fully saturated rings. The summed E-state index contributed by atoms with van der Waals surface area (Å²) in [5.41, 5.74) is -3.93. The number of carboxylic acids is 4. The first-order valence-corrected chi connectivity index (χ1v) is 10.9. The Morgan fingerprint density at radius 2 is 0.600 bits per heavy atom. The van der Waals surface area contributed by atoms with Gasteiger partial charge in [0.25, 0.3) is 0 Å². The fraction of sp³-hybridized carbons (Fsp3) is 0. The predicted octanol–water partition coefficient (Wildman–Crippen LogP) is 4.02. The molecule has 5 aromatic carbocycles. The van der Waals surface area contributed by atoms with Gasteiger partial charge >= 0.3 is 23.9 Å². The van der Waals surface area contributed by atoms with Crippen molar-refractivity contribution < 1.29 is 39.6 Å². The lowest BCUT2D eigenvalue weighted by Crippen LogP contribution is -2.10. The summed E-state index contributed by atoms with van der Waals surface area (Å²) in [6, 6.07) is 10.8. The van der Waals surface area contributed by atoms with E-state index in [2.05, 4.69) is 0 Å². The largest absolute Gasteiger partial charge is 0.478 e. The van der Waals surface area contributed by atoms with Crippen LogP contribution in [-0.4, -0.2) is 44.3 Å². The first-order valence-electron chi connectivity index (χ1n) is 10.9. The van der Waals surface area contributed by atoms with Gasteiger partial charge in [-0.05, 0) is 24.3 Å². The van der Waals surface area contributed by atoms with Crippen molar-refractivity contribution in [2.45, 2.75) is 0 Å². The van der Waals surface area contributed by atoms with E-state index in [0.29, 0.717) is 0 Å². The smallest absolute Gasteiger partial charge is 0.336 e. The van der Waals surface area contributed by atoms with Gasteiger partial charge in [0.2, 0.25) is 0 Å².